The number of ether oxygens (including phenoxy) is 1. The van der Waals surface area contributed by atoms with Gasteiger partial charge in [0, 0.05) is 18.3 Å². The molecule has 0 amide bonds. The van der Waals surface area contributed by atoms with E-state index in [1.165, 1.54) is 0 Å². The van der Waals surface area contributed by atoms with Gasteiger partial charge in [-0.1, -0.05) is 6.07 Å². The quantitative estimate of drug-likeness (QED) is 0.770. The molecule has 5 nitrogen and oxygen atoms in total. The summed E-state index contributed by atoms with van der Waals surface area (Å²) in [6.07, 6.45) is 0. The molecule has 0 bridgehead atoms. The smallest absolute Gasteiger partial charge is 0.325 e. The summed E-state index contributed by atoms with van der Waals surface area (Å²) in [5.41, 5.74) is 0.743. The lowest BCUT2D eigenvalue weighted by Crippen LogP contribution is -2.25. The first kappa shape index (κ1) is 14.3. The van der Waals surface area contributed by atoms with Crippen LogP contribution in [0.1, 0.15) is 6.92 Å². The van der Waals surface area contributed by atoms with Crippen LogP contribution in [0.2, 0.25) is 0 Å². The molecule has 0 aliphatic heterocycles. The van der Waals surface area contributed by atoms with Crippen molar-refractivity contribution in [2.24, 2.45) is 0 Å². The Morgan fingerprint density at radius 2 is 2.22 bits per heavy atom. The van der Waals surface area contributed by atoms with Crippen LogP contribution < -0.4 is 10.1 Å². The van der Waals surface area contributed by atoms with E-state index in [1.54, 1.807) is 13.0 Å². The van der Waals surface area contributed by atoms with Gasteiger partial charge in [0.15, 0.2) is 0 Å². The normalized spacial score (nSPS) is 12.2. The highest BCUT2D eigenvalue weighted by molar-refractivity contribution is 5.76. The van der Waals surface area contributed by atoms with Crippen LogP contribution >= 0.6 is 0 Å². The number of carboxylic acid groups (broad SMARTS) is 1. The van der Waals surface area contributed by atoms with Gasteiger partial charge in [-0.15, -0.1) is 0 Å². The maximum atomic E-state index is 10.7. The molecule has 1 atom stereocenters. The zero-order valence-electron chi connectivity index (χ0n) is 11.0. The number of likely N-dealkylation sites (N-methyl/N-ethyl adjacent to an activating group) is 1. The SMILES string of the molecule is CC(Nc1cccc(OCCN(C)C)c1)C(=O)O. The van der Waals surface area contributed by atoms with E-state index < -0.39 is 12.0 Å². The first-order chi connectivity index (χ1) is 8.49. The van der Waals surface area contributed by atoms with Gasteiger partial charge < -0.3 is 20.1 Å². The Hall–Kier alpha value is -1.75. The number of carboxylic acids is 1. The van der Waals surface area contributed by atoms with Crippen LogP contribution in [0.15, 0.2) is 24.3 Å². The van der Waals surface area contributed by atoms with Gasteiger partial charge >= 0.3 is 5.97 Å². The molecule has 0 aromatic heterocycles. The predicted octanol–water partition coefficient (Wildman–Crippen LogP) is 1.51. The zero-order chi connectivity index (χ0) is 13.5. The number of carbonyl (C=O) groups is 1. The Morgan fingerprint density at radius 3 is 2.83 bits per heavy atom. The molecule has 0 spiro atoms. The van der Waals surface area contributed by atoms with Gasteiger partial charge in [0.2, 0.25) is 0 Å². The lowest BCUT2D eigenvalue weighted by molar-refractivity contribution is -0.137. The van der Waals surface area contributed by atoms with E-state index in [0.29, 0.717) is 6.61 Å². The maximum Gasteiger partial charge on any atom is 0.325 e. The molecule has 2 N–H and O–H groups in total. The molecule has 0 saturated carbocycles. The van der Waals surface area contributed by atoms with Crippen molar-refractivity contribution in [2.75, 3.05) is 32.6 Å². The standard InChI is InChI=1S/C13H20N2O3/c1-10(13(16)17)14-11-5-4-6-12(9-11)18-8-7-15(2)3/h4-6,9-10,14H,7-8H2,1-3H3,(H,16,17). The third kappa shape index (κ3) is 5.05. The molecule has 0 fully saturated rings. The van der Waals surface area contributed by atoms with Crippen molar-refractivity contribution >= 4 is 11.7 Å². The topological polar surface area (TPSA) is 61.8 Å². The van der Waals surface area contributed by atoms with Crippen LogP contribution in [0.3, 0.4) is 0 Å². The van der Waals surface area contributed by atoms with Crippen molar-refractivity contribution in [2.45, 2.75) is 13.0 Å². The molecule has 0 aliphatic carbocycles. The van der Waals surface area contributed by atoms with Crippen LogP contribution in [0.25, 0.3) is 0 Å². The molecule has 18 heavy (non-hydrogen) atoms. The Bertz CT molecular complexity index is 394. The van der Waals surface area contributed by atoms with Crippen molar-refractivity contribution in [3.63, 3.8) is 0 Å². The molecular weight excluding hydrogens is 232 g/mol. The fraction of sp³-hybridized carbons (Fsp3) is 0.462. The molecule has 100 valence electrons. The second kappa shape index (κ2) is 6.86. The summed E-state index contributed by atoms with van der Waals surface area (Å²) < 4.78 is 5.57. The number of benzene rings is 1. The summed E-state index contributed by atoms with van der Waals surface area (Å²) in [7, 11) is 3.96. The molecule has 0 aliphatic rings. The fourth-order valence-corrected chi connectivity index (χ4v) is 1.33. The van der Waals surface area contributed by atoms with E-state index in [4.69, 9.17) is 9.84 Å². The zero-order valence-corrected chi connectivity index (χ0v) is 11.0. The van der Waals surface area contributed by atoms with Gasteiger partial charge in [-0.3, -0.25) is 4.79 Å². The van der Waals surface area contributed by atoms with Crippen molar-refractivity contribution in [3.05, 3.63) is 24.3 Å². The van der Waals surface area contributed by atoms with Gasteiger partial charge in [0.05, 0.1) is 0 Å². The van der Waals surface area contributed by atoms with Gasteiger partial charge in [-0.2, -0.15) is 0 Å². The molecule has 5 heteroatoms. The van der Waals surface area contributed by atoms with E-state index in [-0.39, 0.29) is 0 Å². The highest BCUT2D eigenvalue weighted by Gasteiger charge is 2.10. The third-order valence-corrected chi connectivity index (χ3v) is 2.39. The maximum absolute atomic E-state index is 10.7. The van der Waals surface area contributed by atoms with Crippen LogP contribution in [-0.2, 0) is 4.79 Å². The molecule has 1 aromatic carbocycles. The van der Waals surface area contributed by atoms with Gasteiger partial charge in [-0.05, 0) is 33.2 Å². The van der Waals surface area contributed by atoms with Gasteiger partial charge in [0.25, 0.3) is 0 Å². The minimum Gasteiger partial charge on any atom is -0.492 e. The van der Waals surface area contributed by atoms with Crippen LogP contribution in [-0.4, -0.2) is 49.3 Å². The number of hydrogen-bond acceptors (Lipinski definition) is 4. The third-order valence-electron chi connectivity index (χ3n) is 2.39. The average molecular weight is 252 g/mol. The second-order valence-electron chi connectivity index (χ2n) is 4.38. The van der Waals surface area contributed by atoms with Crippen molar-refractivity contribution in [3.8, 4) is 5.75 Å². The van der Waals surface area contributed by atoms with Gasteiger partial charge in [0.1, 0.15) is 18.4 Å². The number of aliphatic carboxylic acids is 1. The van der Waals surface area contributed by atoms with Crippen LogP contribution in [0, 0.1) is 0 Å². The first-order valence-electron chi connectivity index (χ1n) is 5.86. The highest BCUT2D eigenvalue weighted by atomic mass is 16.5. The van der Waals surface area contributed by atoms with E-state index >= 15 is 0 Å². The molecule has 0 heterocycles. The highest BCUT2D eigenvalue weighted by Crippen LogP contribution is 2.18. The largest absolute Gasteiger partial charge is 0.492 e. The molecule has 0 saturated heterocycles. The summed E-state index contributed by atoms with van der Waals surface area (Å²) in [4.78, 5) is 12.8. The lowest BCUT2D eigenvalue weighted by atomic mass is 10.2. The number of rotatable bonds is 7. The second-order valence-corrected chi connectivity index (χ2v) is 4.38. The predicted molar refractivity (Wildman–Crippen MR) is 71.2 cm³/mol. The van der Waals surface area contributed by atoms with E-state index in [2.05, 4.69) is 5.32 Å². The molecule has 0 radical (unpaired) electrons. The van der Waals surface area contributed by atoms with Crippen LogP contribution in [0.4, 0.5) is 5.69 Å². The molecule has 1 unspecified atom stereocenters. The Kier molecular flexibility index (Phi) is 5.45. The van der Waals surface area contributed by atoms with E-state index in [1.807, 2.05) is 37.2 Å². The minimum atomic E-state index is -0.881. The molecular formula is C13H20N2O3. The summed E-state index contributed by atoms with van der Waals surface area (Å²) in [6, 6.07) is 6.68. The number of hydrogen-bond donors (Lipinski definition) is 2. The Morgan fingerprint density at radius 1 is 1.50 bits per heavy atom. The van der Waals surface area contributed by atoms with Crippen molar-refractivity contribution in [1.29, 1.82) is 0 Å². The Labute approximate surface area is 107 Å². The first-order valence-corrected chi connectivity index (χ1v) is 5.86. The van der Waals surface area contributed by atoms with Gasteiger partial charge in [-0.25, -0.2) is 0 Å². The summed E-state index contributed by atoms with van der Waals surface area (Å²) in [5.74, 6) is -0.145. The molecule has 1 rings (SSSR count). The average Bonchev–Trinajstić information content (AvgIpc) is 2.28. The van der Waals surface area contributed by atoms with Crippen molar-refractivity contribution in [1.82, 2.24) is 4.90 Å². The number of nitrogens with zero attached hydrogens (tertiary/aromatic N) is 1. The summed E-state index contributed by atoms with van der Waals surface area (Å²) >= 11 is 0. The summed E-state index contributed by atoms with van der Waals surface area (Å²) in [5, 5.41) is 11.7. The molecule has 1 aromatic rings. The number of nitrogens with one attached hydrogen (secondary N) is 1. The van der Waals surface area contributed by atoms with Crippen LogP contribution in [0.5, 0.6) is 5.75 Å². The van der Waals surface area contributed by atoms with E-state index in [0.717, 1.165) is 18.0 Å². The number of anilines is 1. The summed E-state index contributed by atoms with van der Waals surface area (Å²) in [6.45, 7) is 3.04. The Balaban J connectivity index is 2.54. The van der Waals surface area contributed by atoms with Crippen molar-refractivity contribution < 1.29 is 14.6 Å². The monoisotopic (exact) mass is 252 g/mol. The lowest BCUT2D eigenvalue weighted by Gasteiger charge is -2.14. The fourth-order valence-electron chi connectivity index (χ4n) is 1.33. The van der Waals surface area contributed by atoms with E-state index in [9.17, 15) is 4.79 Å². The minimum absolute atomic E-state index is 0.602.